The van der Waals surface area contributed by atoms with Crippen molar-refractivity contribution >= 4 is 45.5 Å². The molecule has 2 fully saturated rings. The summed E-state index contributed by atoms with van der Waals surface area (Å²) in [6.45, 7) is 1.58. The average Bonchev–Trinajstić information content (AvgIpc) is 3.37. The highest BCUT2D eigenvalue weighted by atomic mass is 32.2. The summed E-state index contributed by atoms with van der Waals surface area (Å²) in [5.41, 5.74) is 1.10. The third-order valence-electron chi connectivity index (χ3n) is 6.22. The first-order valence-electron chi connectivity index (χ1n) is 10.8. The first kappa shape index (κ1) is 21.7. The van der Waals surface area contributed by atoms with Gasteiger partial charge >= 0.3 is 0 Å². The lowest BCUT2D eigenvalue weighted by Gasteiger charge is -2.35. The van der Waals surface area contributed by atoms with E-state index < -0.39 is 0 Å². The largest absolute Gasteiger partial charge is 0.383 e. The van der Waals surface area contributed by atoms with Gasteiger partial charge in [-0.3, -0.25) is 28.5 Å². The van der Waals surface area contributed by atoms with Gasteiger partial charge in [0.2, 0.25) is 5.91 Å². The van der Waals surface area contributed by atoms with Gasteiger partial charge in [0.05, 0.1) is 17.7 Å². The standard InChI is InChI=1S/C22H23N5O5S/c1-32-11-10-25-16(12-15-19(25)23-17-4-2-3-7-26(17)20(15)29)21(30)24-8-5-14(6-9-24)27-18(28)13-33-22(27)31/h2-4,7,12,14H,5-6,8-11,13H2,1H3. The van der Waals surface area contributed by atoms with Crippen molar-refractivity contribution in [3.63, 3.8) is 0 Å². The topological polar surface area (TPSA) is 106 Å². The molecule has 0 saturated carbocycles. The van der Waals surface area contributed by atoms with Crippen LogP contribution >= 0.6 is 11.8 Å². The maximum Gasteiger partial charge on any atom is 0.289 e. The number of fused-ring (bicyclic) bond motifs is 2. The van der Waals surface area contributed by atoms with Gasteiger partial charge in [-0.25, -0.2) is 4.98 Å². The Balaban J connectivity index is 1.46. The van der Waals surface area contributed by atoms with E-state index in [9.17, 15) is 19.2 Å². The summed E-state index contributed by atoms with van der Waals surface area (Å²) in [5, 5.41) is 0.168. The molecule has 3 aromatic heterocycles. The van der Waals surface area contributed by atoms with E-state index in [1.165, 1.54) is 9.30 Å². The normalized spacial score (nSPS) is 17.6. The molecular weight excluding hydrogens is 446 g/mol. The van der Waals surface area contributed by atoms with Gasteiger partial charge in [0.1, 0.15) is 17.0 Å². The summed E-state index contributed by atoms with van der Waals surface area (Å²) in [6, 6.07) is 6.74. The van der Waals surface area contributed by atoms with Gasteiger partial charge < -0.3 is 14.2 Å². The summed E-state index contributed by atoms with van der Waals surface area (Å²) in [4.78, 5) is 58.3. The van der Waals surface area contributed by atoms with Crippen LogP contribution in [-0.2, 0) is 16.1 Å². The number of aromatic nitrogens is 3. The molecular formula is C22H23N5O5S. The Morgan fingerprint density at radius 3 is 2.70 bits per heavy atom. The highest BCUT2D eigenvalue weighted by Crippen LogP contribution is 2.27. The van der Waals surface area contributed by atoms with E-state index in [0.717, 1.165) is 11.8 Å². The number of likely N-dealkylation sites (tertiary alicyclic amines) is 1. The van der Waals surface area contributed by atoms with Crippen LogP contribution in [0.4, 0.5) is 4.79 Å². The molecule has 0 aliphatic carbocycles. The van der Waals surface area contributed by atoms with Gasteiger partial charge in [-0.2, -0.15) is 0 Å². The number of hydrogen-bond donors (Lipinski definition) is 0. The van der Waals surface area contributed by atoms with Crippen molar-refractivity contribution in [2.75, 3.05) is 32.6 Å². The smallest absolute Gasteiger partial charge is 0.289 e. The number of methoxy groups -OCH3 is 1. The molecule has 172 valence electrons. The molecule has 0 bridgehead atoms. The van der Waals surface area contributed by atoms with Crippen LogP contribution in [0.15, 0.2) is 35.3 Å². The first-order chi connectivity index (χ1) is 16.0. The molecule has 0 radical (unpaired) electrons. The van der Waals surface area contributed by atoms with Gasteiger partial charge in [-0.1, -0.05) is 17.8 Å². The summed E-state index contributed by atoms with van der Waals surface area (Å²) < 4.78 is 8.43. The first-order valence-corrected chi connectivity index (χ1v) is 11.8. The van der Waals surface area contributed by atoms with Crippen LogP contribution in [0.2, 0.25) is 0 Å². The number of pyridine rings is 1. The minimum absolute atomic E-state index is 0.159. The maximum atomic E-state index is 13.5. The molecule has 0 aromatic carbocycles. The van der Waals surface area contributed by atoms with Crippen molar-refractivity contribution in [3.05, 3.63) is 46.5 Å². The Kier molecular flexibility index (Phi) is 5.67. The molecule has 10 nitrogen and oxygen atoms in total. The van der Waals surface area contributed by atoms with Crippen LogP contribution in [0.5, 0.6) is 0 Å². The quantitative estimate of drug-likeness (QED) is 0.559. The summed E-state index contributed by atoms with van der Waals surface area (Å²) in [5.74, 6) is -0.174. The SMILES string of the molecule is COCCn1c(C(=O)N2CCC(N3C(=O)CSC3=O)CC2)cc2c(=O)n3ccccc3nc21. The number of imide groups is 1. The number of carbonyl (C=O) groups excluding carboxylic acids is 3. The number of carbonyl (C=O) groups is 3. The maximum absolute atomic E-state index is 13.5. The second kappa shape index (κ2) is 8.64. The Hall–Kier alpha value is -3.18. The van der Waals surface area contributed by atoms with Gasteiger partial charge in [0.15, 0.2) is 0 Å². The van der Waals surface area contributed by atoms with E-state index >= 15 is 0 Å². The zero-order valence-electron chi connectivity index (χ0n) is 18.1. The Bertz CT molecular complexity index is 1310. The predicted molar refractivity (Wildman–Crippen MR) is 122 cm³/mol. The minimum atomic E-state index is -0.233. The van der Waals surface area contributed by atoms with Gasteiger partial charge in [0, 0.05) is 39.0 Å². The zero-order valence-corrected chi connectivity index (χ0v) is 18.9. The summed E-state index contributed by atoms with van der Waals surface area (Å²) >= 11 is 1.03. The fraction of sp³-hybridized carbons (Fsp3) is 0.409. The van der Waals surface area contributed by atoms with Crippen LogP contribution in [0.1, 0.15) is 23.3 Å². The van der Waals surface area contributed by atoms with Crippen molar-refractivity contribution in [3.8, 4) is 0 Å². The van der Waals surface area contributed by atoms with Gasteiger partial charge in [-0.05, 0) is 31.0 Å². The number of thioether (sulfide) groups is 1. The van der Waals surface area contributed by atoms with E-state index in [1.807, 2.05) is 0 Å². The lowest BCUT2D eigenvalue weighted by Crippen LogP contribution is -2.48. The molecule has 0 N–H and O–H groups in total. The fourth-order valence-electron chi connectivity index (χ4n) is 4.54. The lowest BCUT2D eigenvalue weighted by atomic mass is 10.0. The predicted octanol–water partition coefficient (Wildman–Crippen LogP) is 1.60. The molecule has 0 unspecified atom stereocenters. The number of hydrogen-bond acceptors (Lipinski definition) is 7. The van der Waals surface area contributed by atoms with Crippen molar-refractivity contribution in [1.29, 1.82) is 0 Å². The number of ether oxygens (including phenoxy) is 1. The number of rotatable bonds is 5. The van der Waals surface area contributed by atoms with Crippen LogP contribution in [-0.4, -0.2) is 79.4 Å². The molecule has 2 aliphatic rings. The Morgan fingerprint density at radius 1 is 1.21 bits per heavy atom. The van der Waals surface area contributed by atoms with E-state index in [1.54, 1.807) is 47.0 Å². The fourth-order valence-corrected chi connectivity index (χ4v) is 5.32. The average molecular weight is 470 g/mol. The highest BCUT2D eigenvalue weighted by molar-refractivity contribution is 8.14. The third kappa shape index (κ3) is 3.70. The molecule has 5 heterocycles. The van der Waals surface area contributed by atoms with Crippen molar-refractivity contribution in [2.45, 2.75) is 25.4 Å². The third-order valence-corrected chi connectivity index (χ3v) is 7.05. The van der Waals surface area contributed by atoms with Crippen LogP contribution in [0, 0.1) is 0 Å². The summed E-state index contributed by atoms with van der Waals surface area (Å²) in [6.07, 6.45) is 2.72. The number of amides is 3. The Morgan fingerprint density at radius 2 is 2.00 bits per heavy atom. The molecule has 0 atom stereocenters. The van der Waals surface area contributed by atoms with Crippen LogP contribution in [0.3, 0.4) is 0 Å². The van der Waals surface area contributed by atoms with Gasteiger partial charge in [-0.15, -0.1) is 0 Å². The van der Waals surface area contributed by atoms with Gasteiger partial charge in [0.25, 0.3) is 16.7 Å². The Labute approximate surface area is 193 Å². The van der Waals surface area contributed by atoms with E-state index in [4.69, 9.17) is 4.74 Å². The lowest BCUT2D eigenvalue weighted by molar-refractivity contribution is -0.126. The second-order valence-corrected chi connectivity index (χ2v) is 9.03. The number of nitrogens with zero attached hydrogens (tertiary/aromatic N) is 5. The minimum Gasteiger partial charge on any atom is -0.383 e. The summed E-state index contributed by atoms with van der Waals surface area (Å²) in [7, 11) is 1.58. The monoisotopic (exact) mass is 469 g/mol. The molecule has 2 aliphatic heterocycles. The van der Waals surface area contributed by atoms with Crippen molar-refractivity contribution < 1.29 is 19.1 Å². The molecule has 3 aromatic rings. The van der Waals surface area contributed by atoms with E-state index in [-0.39, 0.29) is 34.4 Å². The molecule has 0 spiro atoms. The number of piperidine rings is 1. The zero-order chi connectivity index (χ0) is 23.1. The van der Waals surface area contributed by atoms with Crippen LogP contribution < -0.4 is 5.56 Å². The molecule has 11 heteroatoms. The highest BCUT2D eigenvalue weighted by Gasteiger charge is 2.38. The van der Waals surface area contributed by atoms with E-state index in [0.29, 0.717) is 61.5 Å². The second-order valence-electron chi connectivity index (χ2n) is 8.10. The molecule has 2 saturated heterocycles. The van der Waals surface area contributed by atoms with Crippen molar-refractivity contribution in [2.24, 2.45) is 0 Å². The van der Waals surface area contributed by atoms with Crippen LogP contribution in [0.25, 0.3) is 16.7 Å². The molecule has 5 rings (SSSR count). The molecule has 33 heavy (non-hydrogen) atoms. The van der Waals surface area contributed by atoms with E-state index in [2.05, 4.69) is 4.98 Å². The van der Waals surface area contributed by atoms with Crippen molar-refractivity contribution in [1.82, 2.24) is 23.8 Å². The molecule has 3 amide bonds.